The second kappa shape index (κ2) is 6.25. The summed E-state index contributed by atoms with van der Waals surface area (Å²) in [5, 5.41) is 9.30. The fourth-order valence-electron chi connectivity index (χ4n) is 1.91. The molecule has 0 saturated heterocycles. The van der Waals surface area contributed by atoms with E-state index in [9.17, 15) is 4.79 Å². The zero-order valence-corrected chi connectivity index (χ0v) is 12.4. The molecule has 0 aliphatic heterocycles. The molecular formula is C14H18N4O3. The van der Waals surface area contributed by atoms with Crippen LogP contribution in [0.5, 0.6) is 11.5 Å². The van der Waals surface area contributed by atoms with Gasteiger partial charge in [0.05, 0.1) is 20.3 Å². The highest BCUT2D eigenvalue weighted by atomic mass is 16.5. The molecule has 7 nitrogen and oxygen atoms in total. The first-order chi connectivity index (χ1) is 10.0. The Hall–Kier alpha value is -2.57. The van der Waals surface area contributed by atoms with Gasteiger partial charge in [-0.1, -0.05) is 6.07 Å². The van der Waals surface area contributed by atoms with Gasteiger partial charge in [-0.2, -0.15) is 0 Å². The van der Waals surface area contributed by atoms with E-state index >= 15 is 0 Å². The lowest BCUT2D eigenvalue weighted by Crippen LogP contribution is -2.27. The van der Waals surface area contributed by atoms with Gasteiger partial charge >= 0.3 is 0 Å². The summed E-state index contributed by atoms with van der Waals surface area (Å²) in [6, 6.07) is 5.28. The standard InChI is InChI=1S/C14H18N4O3/c1-8(15-14(19)13-16-9(2)17-18-13)10-5-6-11(20-3)12(7-10)21-4/h5-8H,1-4H3,(H,15,19)(H,16,17,18). The molecule has 2 N–H and O–H groups in total. The second-order valence-corrected chi connectivity index (χ2v) is 4.55. The zero-order valence-electron chi connectivity index (χ0n) is 12.4. The van der Waals surface area contributed by atoms with Crippen LogP contribution in [0.1, 0.15) is 35.0 Å². The quantitative estimate of drug-likeness (QED) is 0.873. The van der Waals surface area contributed by atoms with Gasteiger partial charge in [-0.15, -0.1) is 5.10 Å². The van der Waals surface area contributed by atoms with Crippen LogP contribution in [0, 0.1) is 6.92 Å². The van der Waals surface area contributed by atoms with E-state index < -0.39 is 0 Å². The van der Waals surface area contributed by atoms with E-state index in [4.69, 9.17) is 9.47 Å². The van der Waals surface area contributed by atoms with E-state index in [-0.39, 0.29) is 17.8 Å². The number of hydrogen-bond acceptors (Lipinski definition) is 5. The van der Waals surface area contributed by atoms with Crippen LogP contribution in [0.25, 0.3) is 0 Å². The van der Waals surface area contributed by atoms with Gasteiger partial charge in [0.1, 0.15) is 5.82 Å². The summed E-state index contributed by atoms with van der Waals surface area (Å²) in [6.45, 7) is 3.61. The fraction of sp³-hybridized carbons (Fsp3) is 0.357. The van der Waals surface area contributed by atoms with Crippen molar-refractivity contribution in [3.8, 4) is 11.5 Å². The summed E-state index contributed by atoms with van der Waals surface area (Å²) >= 11 is 0. The third-order valence-corrected chi connectivity index (χ3v) is 3.06. The predicted molar refractivity (Wildman–Crippen MR) is 76.5 cm³/mol. The minimum atomic E-state index is -0.332. The number of carbonyl (C=O) groups is 1. The molecule has 1 heterocycles. The zero-order chi connectivity index (χ0) is 15.4. The second-order valence-electron chi connectivity index (χ2n) is 4.55. The van der Waals surface area contributed by atoms with Gasteiger partial charge in [-0.3, -0.25) is 9.89 Å². The molecular weight excluding hydrogens is 272 g/mol. The number of H-pyrrole nitrogens is 1. The maximum Gasteiger partial charge on any atom is 0.291 e. The number of amides is 1. The molecule has 2 aromatic rings. The molecule has 7 heteroatoms. The van der Waals surface area contributed by atoms with Crippen molar-refractivity contribution in [2.45, 2.75) is 19.9 Å². The van der Waals surface area contributed by atoms with Crippen LogP contribution in [-0.4, -0.2) is 35.3 Å². The molecule has 1 aromatic carbocycles. The summed E-state index contributed by atoms with van der Waals surface area (Å²) in [6.07, 6.45) is 0. The van der Waals surface area contributed by atoms with Gasteiger partial charge in [0.15, 0.2) is 11.5 Å². The predicted octanol–water partition coefficient (Wildman–Crippen LogP) is 1.62. The van der Waals surface area contributed by atoms with Crippen molar-refractivity contribution in [2.24, 2.45) is 0 Å². The van der Waals surface area contributed by atoms with Gasteiger partial charge in [-0.05, 0) is 31.5 Å². The summed E-state index contributed by atoms with van der Waals surface area (Å²) in [5.74, 6) is 1.65. The molecule has 21 heavy (non-hydrogen) atoms. The van der Waals surface area contributed by atoms with Crippen LogP contribution in [0.4, 0.5) is 0 Å². The number of benzene rings is 1. The van der Waals surface area contributed by atoms with E-state index in [1.807, 2.05) is 19.1 Å². The highest BCUT2D eigenvalue weighted by Crippen LogP contribution is 2.29. The van der Waals surface area contributed by atoms with Gasteiger partial charge < -0.3 is 14.8 Å². The Morgan fingerprint density at radius 2 is 2.00 bits per heavy atom. The number of carbonyl (C=O) groups excluding carboxylic acids is 1. The number of aromatic nitrogens is 3. The van der Waals surface area contributed by atoms with Crippen molar-refractivity contribution in [3.05, 3.63) is 35.4 Å². The smallest absolute Gasteiger partial charge is 0.291 e. The number of methoxy groups -OCH3 is 2. The third-order valence-electron chi connectivity index (χ3n) is 3.06. The minimum Gasteiger partial charge on any atom is -0.493 e. The lowest BCUT2D eigenvalue weighted by atomic mass is 10.1. The topological polar surface area (TPSA) is 89.1 Å². The normalized spacial score (nSPS) is 11.8. The molecule has 112 valence electrons. The van der Waals surface area contributed by atoms with Gasteiger partial charge in [0.2, 0.25) is 5.82 Å². The number of nitrogens with zero attached hydrogens (tertiary/aromatic N) is 2. The number of aryl methyl sites for hydroxylation is 1. The van der Waals surface area contributed by atoms with Crippen LogP contribution >= 0.6 is 0 Å². The van der Waals surface area contributed by atoms with E-state index in [1.165, 1.54) is 0 Å². The average molecular weight is 290 g/mol. The van der Waals surface area contributed by atoms with E-state index in [0.717, 1.165) is 5.56 Å². The van der Waals surface area contributed by atoms with Crippen LogP contribution in [-0.2, 0) is 0 Å². The van der Waals surface area contributed by atoms with Crippen LogP contribution in [0.3, 0.4) is 0 Å². The molecule has 0 spiro atoms. The van der Waals surface area contributed by atoms with Crippen LogP contribution < -0.4 is 14.8 Å². The summed E-state index contributed by atoms with van der Waals surface area (Å²) in [4.78, 5) is 16.0. The molecule has 0 saturated carbocycles. The van der Waals surface area contributed by atoms with E-state index in [2.05, 4.69) is 20.5 Å². The van der Waals surface area contributed by atoms with Crippen molar-refractivity contribution < 1.29 is 14.3 Å². The molecule has 0 aliphatic rings. The number of rotatable bonds is 5. The number of ether oxygens (including phenoxy) is 2. The van der Waals surface area contributed by atoms with Gasteiger partial charge in [0.25, 0.3) is 5.91 Å². The fourth-order valence-corrected chi connectivity index (χ4v) is 1.91. The Morgan fingerprint density at radius 3 is 2.57 bits per heavy atom. The number of nitrogens with one attached hydrogen (secondary N) is 2. The van der Waals surface area contributed by atoms with E-state index in [0.29, 0.717) is 17.3 Å². The molecule has 0 radical (unpaired) electrons. The van der Waals surface area contributed by atoms with Crippen molar-refractivity contribution in [1.29, 1.82) is 0 Å². The molecule has 1 aromatic heterocycles. The SMILES string of the molecule is COc1ccc(C(C)NC(=O)c2n[nH]c(C)n2)cc1OC. The molecule has 0 aliphatic carbocycles. The molecule has 0 bridgehead atoms. The highest BCUT2D eigenvalue weighted by Gasteiger charge is 2.16. The Bertz CT molecular complexity index is 639. The highest BCUT2D eigenvalue weighted by molar-refractivity contribution is 5.90. The molecule has 1 atom stereocenters. The van der Waals surface area contributed by atoms with Gasteiger partial charge in [-0.25, -0.2) is 4.98 Å². The summed E-state index contributed by atoms with van der Waals surface area (Å²) < 4.78 is 10.4. The minimum absolute atomic E-state index is 0.125. The van der Waals surface area contributed by atoms with Crippen molar-refractivity contribution in [3.63, 3.8) is 0 Å². The Morgan fingerprint density at radius 1 is 1.29 bits per heavy atom. The Labute approximate surface area is 122 Å². The Kier molecular flexibility index (Phi) is 4.42. The molecule has 1 amide bonds. The third kappa shape index (κ3) is 3.31. The lowest BCUT2D eigenvalue weighted by molar-refractivity contribution is 0.0929. The van der Waals surface area contributed by atoms with E-state index in [1.54, 1.807) is 27.2 Å². The van der Waals surface area contributed by atoms with Crippen LogP contribution in [0.2, 0.25) is 0 Å². The van der Waals surface area contributed by atoms with Crippen LogP contribution in [0.15, 0.2) is 18.2 Å². The monoisotopic (exact) mass is 290 g/mol. The first-order valence-electron chi connectivity index (χ1n) is 6.47. The summed E-state index contributed by atoms with van der Waals surface area (Å²) in [5.41, 5.74) is 0.897. The van der Waals surface area contributed by atoms with Gasteiger partial charge in [0, 0.05) is 0 Å². The van der Waals surface area contributed by atoms with Crippen molar-refractivity contribution in [1.82, 2.24) is 20.5 Å². The maximum atomic E-state index is 12.0. The first kappa shape index (κ1) is 14.8. The first-order valence-corrected chi connectivity index (χ1v) is 6.47. The molecule has 2 rings (SSSR count). The lowest BCUT2D eigenvalue weighted by Gasteiger charge is -2.15. The van der Waals surface area contributed by atoms with Crippen molar-refractivity contribution >= 4 is 5.91 Å². The number of aromatic amines is 1. The summed E-state index contributed by atoms with van der Waals surface area (Å²) in [7, 11) is 3.15. The Balaban J connectivity index is 2.13. The number of hydrogen-bond donors (Lipinski definition) is 2. The molecule has 0 fully saturated rings. The maximum absolute atomic E-state index is 12.0. The van der Waals surface area contributed by atoms with Crippen molar-refractivity contribution in [2.75, 3.05) is 14.2 Å². The molecule has 1 unspecified atom stereocenters. The largest absolute Gasteiger partial charge is 0.493 e. The average Bonchev–Trinajstić information content (AvgIpc) is 2.93.